The number of hydrogen-bond acceptors (Lipinski definition) is 1. The first kappa shape index (κ1) is 12.1. The fourth-order valence-electron chi connectivity index (χ4n) is 1.58. The highest BCUT2D eigenvalue weighted by atomic mass is 19.4. The summed E-state index contributed by atoms with van der Waals surface area (Å²) in [6, 6.07) is 0. The van der Waals surface area contributed by atoms with Crippen molar-refractivity contribution in [1.29, 1.82) is 0 Å². The monoisotopic (exact) mass is 223 g/mol. The SMILES string of the molecule is CN=C(NCCC(F)(F)F)N1CCCC1. The first-order valence-corrected chi connectivity index (χ1v) is 5.05. The lowest BCUT2D eigenvalue weighted by Crippen LogP contribution is -2.40. The van der Waals surface area contributed by atoms with Crippen molar-refractivity contribution in [3.05, 3.63) is 0 Å². The summed E-state index contributed by atoms with van der Waals surface area (Å²) >= 11 is 0. The number of rotatable bonds is 2. The highest BCUT2D eigenvalue weighted by Gasteiger charge is 2.26. The van der Waals surface area contributed by atoms with Gasteiger partial charge in [-0.2, -0.15) is 13.2 Å². The molecule has 3 nitrogen and oxygen atoms in total. The number of hydrogen-bond donors (Lipinski definition) is 1. The summed E-state index contributed by atoms with van der Waals surface area (Å²) in [7, 11) is 1.59. The molecule has 0 unspecified atom stereocenters. The molecule has 0 amide bonds. The van der Waals surface area contributed by atoms with Gasteiger partial charge in [-0.3, -0.25) is 4.99 Å². The van der Waals surface area contributed by atoms with E-state index in [0.717, 1.165) is 25.9 Å². The number of nitrogens with zero attached hydrogens (tertiary/aromatic N) is 2. The number of aliphatic imine (C=N–C) groups is 1. The summed E-state index contributed by atoms with van der Waals surface area (Å²) in [6.45, 7) is 1.66. The summed E-state index contributed by atoms with van der Waals surface area (Å²) in [4.78, 5) is 5.94. The van der Waals surface area contributed by atoms with Crippen molar-refractivity contribution in [2.75, 3.05) is 26.7 Å². The van der Waals surface area contributed by atoms with Crippen LogP contribution in [0.1, 0.15) is 19.3 Å². The van der Waals surface area contributed by atoms with Gasteiger partial charge >= 0.3 is 6.18 Å². The van der Waals surface area contributed by atoms with E-state index >= 15 is 0 Å². The largest absolute Gasteiger partial charge is 0.390 e. The average molecular weight is 223 g/mol. The van der Waals surface area contributed by atoms with Crippen LogP contribution in [0.25, 0.3) is 0 Å². The van der Waals surface area contributed by atoms with Crippen LogP contribution >= 0.6 is 0 Å². The van der Waals surface area contributed by atoms with Crippen molar-refractivity contribution in [3.63, 3.8) is 0 Å². The van der Waals surface area contributed by atoms with E-state index in [9.17, 15) is 13.2 Å². The highest BCUT2D eigenvalue weighted by molar-refractivity contribution is 5.80. The third kappa shape index (κ3) is 4.40. The zero-order valence-electron chi connectivity index (χ0n) is 8.77. The summed E-state index contributed by atoms with van der Waals surface area (Å²) in [5.74, 6) is 0.580. The van der Waals surface area contributed by atoms with Crippen LogP contribution in [0.4, 0.5) is 13.2 Å². The smallest absolute Gasteiger partial charge is 0.356 e. The van der Waals surface area contributed by atoms with Gasteiger partial charge in [-0.15, -0.1) is 0 Å². The summed E-state index contributed by atoms with van der Waals surface area (Å²) in [6.07, 6.45) is -2.75. The van der Waals surface area contributed by atoms with Crippen LogP contribution in [0.5, 0.6) is 0 Å². The topological polar surface area (TPSA) is 27.6 Å². The standard InChI is InChI=1S/C9H16F3N3/c1-13-8(15-6-2-3-7-15)14-5-4-9(10,11)12/h2-7H2,1H3,(H,13,14). The third-order valence-corrected chi connectivity index (χ3v) is 2.31. The van der Waals surface area contributed by atoms with E-state index in [1.807, 2.05) is 4.90 Å². The van der Waals surface area contributed by atoms with Gasteiger partial charge < -0.3 is 10.2 Å². The second kappa shape index (κ2) is 5.23. The predicted octanol–water partition coefficient (Wildman–Crippen LogP) is 1.61. The first-order valence-electron chi connectivity index (χ1n) is 5.05. The van der Waals surface area contributed by atoms with Crippen LogP contribution in [0.2, 0.25) is 0 Å². The Bertz CT molecular complexity index is 219. The molecule has 0 aromatic carbocycles. The Morgan fingerprint density at radius 1 is 1.33 bits per heavy atom. The molecule has 15 heavy (non-hydrogen) atoms. The maximum Gasteiger partial charge on any atom is 0.390 e. The normalized spacial score (nSPS) is 18.4. The zero-order chi connectivity index (χ0) is 11.3. The van der Waals surface area contributed by atoms with E-state index in [1.54, 1.807) is 7.05 Å². The molecular formula is C9H16F3N3. The van der Waals surface area contributed by atoms with E-state index in [1.165, 1.54) is 0 Å². The van der Waals surface area contributed by atoms with Gasteiger partial charge in [0, 0.05) is 26.7 Å². The maximum absolute atomic E-state index is 11.9. The van der Waals surface area contributed by atoms with E-state index in [2.05, 4.69) is 10.3 Å². The third-order valence-electron chi connectivity index (χ3n) is 2.31. The van der Waals surface area contributed by atoms with Crippen LogP contribution in [-0.2, 0) is 0 Å². The summed E-state index contributed by atoms with van der Waals surface area (Å²) in [5, 5.41) is 2.72. The predicted molar refractivity (Wildman–Crippen MR) is 52.8 cm³/mol. The highest BCUT2D eigenvalue weighted by Crippen LogP contribution is 2.18. The lowest BCUT2D eigenvalue weighted by molar-refractivity contribution is -0.132. The lowest BCUT2D eigenvalue weighted by Gasteiger charge is -2.21. The molecule has 1 aliphatic heterocycles. The molecule has 1 N–H and O–H groups in total. The number of alkyl halides is 3. The summed E-state index contributed by atoms with van der Waals surface area (Å²) in [5.41, 5.74) is 0. The molecule has 0 saturated carbocycles. The quantitative estimate of drug-likeness (QED) is 0.569. The van der Waals surface area contributed by atoms with Crippen LogP contribution < -0.4 is 5.32 Å². The average Bonchev–Trinajstić information content (AvgIpc) is 2.63. The molecule has 1 aliphatic rings. The van der Waals surface area contributed by atoms with E-state index in [0.29, 0.717) is 5.96 Å². The van der Waals surface area contributed by atoms with Crippen LogP contribution in [0.3, 0.4) is 0 Å². The molecule has 1 heterocycles. The molecule has 0 atom stereocenters. The summed E-state index contributed by atoms with van der Waals surface area (Å²) < 4.78 is 35.7. The first-order chi connectivity index (χ1) is 7.03. The van der Waals surface area contributed by atoms with Crippen LogP contribution in [-0.4, -0.2) is 43.7 Å². The van der Waals surface area contributed by atoms with Crippen molar-refractivity contribution in [2.24, 2.45) is 4.99 Å². The van der Waals surface area contributed by atoms with Crippen LogP contribution in [0, 0.1) is 0 Å². The Morgan fingerprint density at radius 3 is 2.40 bits per heavy atom. The Kier molecular flexibility index (Phi) is 4.23. The van der Waals surface area contributed by atoms with Gasteiger partial charge in [0.05, 0.1) is 6.42 Å². The molecule has 0 aromatic heterocycles. The Balaban J connectivity index is 2.29. The fraction of sp³-hybridized carbons (Fsp3) is 0.889. The molecule has 1 fully saturated rings. The molecular weight excluding hydrogens is 207 g/mol. The Labute approximate surface area is 87.4 Å². The molecule has 0 bridgehead atoms. The molecule has 0 aliphatic carbocycles. The van der Waals surface area contributed by atoms with Gasteiger partial charge in [0.25, 0.3) is 0 Å². The molecule has 1 saturated heterocycles. The molecule has 1 rings (SSSR count). The number of likely N-dealkylation sites (tertiary alicyclic amines) is 1. The number of nitrogens with one attached hydrogen (secondary N) is 1. The molecule has 0 radical (unpaired) electrons. The van der Waals surface area contributed by atoms with Crippen molar-refractivity contribution in [2.45, 2.75) is 25.4 Å². The second-order valence-corrected chi connectivity index (χ2v) is 3.53. The zero-order valence-corrected chi connectivity index (χ0v) is 8.77. The number of guanidine groups is 1. The molecule has 6 heteroatoms. The molecule has 0 spiro atoms. The van der Waals surface area contributed by atoms with E-state index < -0.39 is 12.6 Å². The second-order valence-electron chi connectivity index (χ2n) is 3.53. The number of halogens is 3. The minimum atomic E-state index is -4.10. The van der Waals surface area contributed by atoms with E-state index in [4.69, 9.17) is 0 Å². The van der Waals surface area contributed by atoms with Gasteiger partial charge in [0.2, 0.25) is 0 Å². The van der Waals surface area contributed by atoms with Crippen molar-refractivity contribution in [1.82, 2.24) is 10.2 Å². The van der Waals surface area contributed by atoms with Gasteiger partial charge in [-0.25, -0.2) is 0 Å². The fourth-order valence-corrected chi connectivity index (χ4v) is 1.58. The lowest BCUT2D eigenvalue weighted by atomic mass is 10.4. The Hall–Kier alpha value is -0.940. The van der Waals surface area contributed by atoms with Crippen LogP contribution in [0.15, 0.2) is 4.99 Å². The van der Waals surface area contributed by atoms with Gasteiger partial charge in [0.15, 0.2) is 5.96 Å². The van der Waals surface area contributed by atoms with E-state index in [-0.39, 0.29) is 6.54 Å². The van der Waals surface area contributed by atoms with Gasteiger partial charge in [-0.05, 0) is 12.8 Å². The van der Waals surface area contributed by atoms with Crippen molar-refractivity contribution in [3.8, 4) is 0 Å². The Morgan fingerprint density at radius 2 is 1.93 bits per heavy atom. The minimum absolute atomic E-state index is 0.104. The van der Waals surface area contributed by atoms with Crippen molar-refractivity contribution >= 4 is 5.96 Å². The van der Waals surface area contributed by atoms with Gasteiger partial charge in [0.1, 0.15) is 0 Å². The molecule has 0 aromatic rings. The van der Waals surface area contributed by atoms with Gasteiger partial charge in [-0.1, -0.05) is 0 Å². The minimum Gasteiger partial charge on any atom is -0.356 e. The van der Waals surface area contributed by atoms with Crippen molar-refractivity contribution < 1.29 is 13.2 Å². The molecule has 88 valence electrons. The maximum atomic E-state index is 11.9.